The van der Waals surface area contributed by atoms with Crippen LogP contribution in [0.3, 0.4) is 0 Å². The molecule has 0 amide bonds. The molecule has 5 aromatic carbocycles. The lowest BCUT2D eigenvalue weighted by Crippen LogP contribution is -2.02. The van der Waals surface area contributed by atoms with Crippen LogP contribution >= 0.6 is 0 Å². The van der Waals surface area contributed by atoms with Gasteiger partial charge in [-0.3, -0.25) is 0 Å². The molecule has 3 aliphatic carbocycles. The van der Waals surface area contributed by atoms with Crippen molar-refractivity contribution >= 4 is 71.9 Å². The van der Waals surface area contributed by atoms with Crippen LogP contribution in [0.2, 0.25) is 0 Å². The van der Waals surface area contributed by atoms with E-state index in [1.165, 1.54) is 55.4 Å². The first-order valence-electron chi connectivity index (χ1n) is 19.0. The van der Waals surface area contributed by atoms with Crippen molar-refractivity contribution < 1.29 is 4.42 Å². The van der Waals surface area contributed by atoms with Crippen LogP contribution in [-0.4, -0.2) is 9.13 Å². The molecule has 4 heteroatoms. The lowest BCUT2D eigenvalue weighted by atomic mass is 9.93. The molecule has 1 unspecified atom stereocenters. The Hall–Kier alpha value is -6.61. The highest BCUT2D eigenvalue weighted by Crippen LogP contribution is 2.41. The van der Waals surface area contributed by atoms with E-state index >= 15 is 0 Å². The van der Waals surface area contributed by atoms with Crippen LogP contribution in [0, 0.1) is 0 Å². The second-order valence-electron chi connectivity index (χ2n) is 14.8. The van der Waals surface area contributed by atoms with Gasteiger partial charge in [0.05, 0.1) is 27.6 Å². The minimum Gasteiger partial charge on any atom is -0.422 e. The SMILES string of the molecule is CC1C=C=Cc2c1c1cc(-c3ccc4c(c3)c(=O)oc3cc(-c5ccc6c(c5)c5ccccc5n6C5=CCCC=C5)ccc34)ccc1n2C1=CCCC=C1. The van der Waals surface area contributed by atoms with E-state index in [-0.39, 0.29) is 11.5 Å². The average Bonchev–Trinajstić information content (AvgIpc) is 3.74. The third-order valence-electron chi connectivity index (χ3n) is 11.6. The number of fused-ring (bicyclic) bond motifs is 9. The molecule has 0 spiro atoms. The van der Waals surface area contributed by atoms with E-state index in [0.29, 0.717) is 11.0 Å². The molecule has 0 saturated carbocycles. The summed E-state index contributed by atoms with van der Waals surface area (Å²) in [5, 5.41) is 6.07. The zero-order valence-corrected chi connectivity index (χ0v) is 30.0. The molecule has 3 aromatic heterocycles. The molecule has 11 rings (SSSR count). The van der Waals surface area contributed by atoms with Crippen molar-refractivity contribution in [1.82, 2.24) is 9.13 Å². The van der Waals surface area contributed by atoms with E-state index in [1.807, 2.05) is 12.1 Å². The fourth-order valence-corrected chi connectivity index (χ4v) is 9.02. The van der Waals surface area contributed by atoms with E-state index < -0.39 is 0 Å². The van der Waals surface area contributed by atoms with Gasteiger partial charge in [0.1, 0.15) is 5.58 Å². The Morgan fingerprint density at radius 3 is 1.94 bits per heavy atom. The molecule has 8 aromatic rings. The zero-order valence-electron chi connectivity index (χ0n) is 30.0. The Morgan fingerprint density at radius 2 is 1.20 bits per heavy atom. The second-order valence-corrected chi connectivity index (χ2v) is 14.8. The summed E-state index contributed by atoms with van der Waals surface area (Å²) in [6, 6.07) is 34.4. The number of benzene rings is 5. The molecule has 0 bridgehead atoms. The number of nitrogens with zero attached hydrogens (tertiary/aromatic N) is 2. The predicted molar refractivity (Wildman–Crippen MR) is 226 cm³/mol. The molecule has 258 valence electrons. The molecule has 0 saturated heterocycles. The summed E-state index contributed by atoms with van der Waals surface area (Å²) in [6.45, 7) is 2.24. The van der Waals surface area contributed by atoms with Gasteiger partial charge < -0.3 is 13.6 Å². The van der Waals surface area contributed by atoms with Crippen molar-refractivity contribution in [1.29, 1.82) is 0 Å². The normalized spacial score (nSPS) is 16.6. The van der Waals surface area contributed by atoms with Crippen molar-refractivity contribution in [2.75, 3.05) is 0 Å². The van der Waals surface area contributed by atoms with Gasteiger partial charge in [0.25, 0.3) is 0 Å². The van der Waals surface area contributed by atoms with Crippen molar-refractivity contribution in [3.05, 3.63) is 167 Å². The summed E-state index contributed by atoms with van der Waals surface area (Å²) < 4.78 is 10.8. The summed E-state index contributed by atoms with van der Waals surface area (Å²) >= 11 is 0. The molecule has 4 nitrogen and oxygen atoms in total. The van der Waals surface area contributed by atoms with Gasteiger partial charge in [0, 0.05) is 44.9 Å². The summed E-state index contributed by atoms with van der Waals surface area (Å²) in [7, 11) is 0. The van der Waals surface area contributed by atoms with Gasteiger partial charge in [0.15, 0.2) is 0 Å². The largest absolute Gasteiger partial charge is 0.422 e. The van der Waals surface area contributed by atoms with Crippen molar-refractivity contribution in [3.63, 3.8) is 0 Å². The van der Waals surface area contributed by atoms with Gasteiger partial charge in [-0.25, -0.2) is 4.79 Å². The highest BCUT2D eigenvalue weighted by atomic mass is 16.4. The monoisotopic (exact) mass is 696 g/mol. The molecule has 1 atom stereocenters. The Labute approximate surface area is 312 Å². The van der Waals surface area contributed by atoms with Gasteiger partial charge in [0.2, 0.25) is 0 Å². The molecule has 3 aliphatic rings. The van der Waals surface area contributed by atoms with Crippen LogP contribution in [-0.2, 0) is 0 Å². The summed E-state index contributed by atoms with van der Waals surface area (Å²) in [5.41, 5.74) is 16.3. The van der Waals surface area contributed by atoms with E-state index in [2.05, 4.69) is 155 Å². The van der Waals surface area contributed by atoms with Crippen LogP contribution in [0.4, 0.5) is 0 Å². The van der Waals surface area contributed by atoms with Crippen LogP contribution in [0.5, 0.6) is 0 Å². The topological polar surface area (TPSA) is 40.1 Å². The lowest BCUT2D eigenvalue weighted by molar-refractivity contribution is 0.570. The highest BCUT2D eigenvalue weighted by molar-refractivity contribution is 6.12. The first-order chi connectivity index (χ1) is 26.6. The van der Waals surface area contributed by atoms with Gasteiger partial charge in [-0.2, -0.15) is 0 Å². The highest BCUT2D eigenvalue weighted by Gasteiger charge is 2.23. The number of rotatable bonds is 4. The molecule has 54 heavy (non-hydrogen) atoms. The van der Waals surface area contributed by atoms with Crippen molar-refractivity contribution in [3.8, 4) is 22.3 Å². The van der Waals surface area contributed by atoms with Crippen molar-refractivity contribution in [2.24, 2.45) is 0 Å². The standard InChI is InChI=1S/C50H36N2O2/c1-31-11-10-18-47-49(31)43-29-34(22-26-46(43)52(47)37-14-6-3-7-15-37)32-19-23-38-40-24-20-35(30-48(40)54-50(53)42(38)28-32)33-21-25-45-41(27-33)39-16-8-9-17-44(39)51(45)36-12-4-2-5-13-36/h4,6,8-9,11-31H,2-3,5,7H2,1H3. The third kappa shape index (κ3) is 4.67. The van der Waals surface area contributed by atoms with E-state index in [9.17, 15) is 4.79 Å². The van der Waals surface area contributed by atoms with Gasteiger partial charge >= 0.3 is 5.63 Å². The smallest absolute Gasteiger partial charge is 0.344 e. The summed E-state index contributed by atoms with van der Waals surface area (Å²) in [5.74, 6) is 0.246. The minimum atomic E-state index is -0.326. The zero-order chi connectivity index (χ0) is 35.9. The number of aromatic nitrogens is 2. The van der Waals surface area contributed by atoms with Crippen LogP contribution in [0.1, 0.15) is 49.8 Å². The summed E-state index contributed by atoms with van der Waals surface area (Å²) in [4.78, 5) is 13.7. The van der Waals surface area contributed by atoms with Crippen LogP contribution in [0.25, 0.3) is 94.2 Å². The maximum Gasteiger partial charge on any atom is 0.344 e. The van der Waals surface area contributed by atoms with E-state index in [4.69, 9.17) is 4.42 Å². The third-order valence-corrected chi connectivity index (χ3v) is 11.6. The molecular weight excluding hydrogens is 661 g/mol. The first kappa shape index (κ1) is 31.0. The lowest BCUT2D eigenvalue weighted by Gasteiger charge is -2.15. The second kappa shape index (κ2) is 12.0. The molecule has 0 aliphatic heterocycles. The Balaban J connectivity index is 0.999. The van der Waals surface area contributed by atoms with Gasteiger partial charge in [-0.1, -0.05) is 79.8 Å². The average molecular weight is 697 g/mol. The van der Waals surface area contributed by atoms with Gasteiger partial charge in [-0.15, -0.1) is 5.73 Å². The maximum absolute atomic E-state index is 13.7. The number of allylic oxidation sites excluding steroid dienone is 9. The molecule has 0 fully saturated rings. The fraction of sp³-hybridized carbons (Fsp3) is 0.120. The minimum absolute atomic E-state index is 0.246. The van der Waals surface area contributed by atoms with Crippen molar-refractivity contribution in [2.45, 2.75) is 38.5 Å². The number of hydrogen-bond donors (Lipinski definition) is 0. The quantitative estimate of drug-likeness (QED) is 0.104. The number of hydrogen-bond acceptors (Lipinski definition) is 2. The Kier molecular flexibility index (Phi) is 6.86. The predicted octanol–water partition coefficient (Wildman–Crippen LogP) is 13.0. The first-order valence-corrected chi connectivity index (χ1v) is 19.0. The van der Waals surface area contributed by atoms with E-state index in [0.717, 1.165) is 58.7 Å². The Bertz CT molecular complexity index is 3180. The molecule has 0 radical (unpaired) electrons. The van der Waals surface area contributed by atoms with Gasteiger partial charge in [-0.05, 0) is 126 Å². The molecule has 3 heterocycles. The van der Waals surface area contributed by atoms with Crippen LogP contribution < -0.4 is 5.63 Å². The molecule has 0 N–H and O–H groups in total. The van der Waals surface area contributed by atoms with E-state index in [1.54, 1.807) is 0 Å². The fourth-order valence-electron chi connectivity index (χ4n) is 9.02. The number of para-hydroxylation sites is 1. The van der Waals surface area contributed by atoms with Crippen LogP contribution in [0.15, 0.2) is 155 Å². The Morgan fingerprint density at radius 1 is 0.593 bits per heavy atom. The molecular formula is C50H36N2O2. The summed E-state index contributed by atoms with van der Waals surface area (Å²) in [6.07, 6.45) is 22.1. The maximum atomic E-state index is 13.7.